The van der Waals surface area contributed by atoms with Crippen LogP contribution in [0.25, 0.3) is 0 Å². The maximum Gasteiger partial charge on any atom is 0.140 e. The molecule has 72 valence electrons. The number of benzene rings is 1. The van der Waals surface area contributed by atoms with Gasteiger partial charge in [-0.15, -0.1) is 11.6 Å². The first kappa shape index (κ1) is 11.0. The van der Waals surface area contributed by atoms with E-state index in [9.17, 15) is 4.39 Å². The van der Waals surface area contributed by atoms with Crippen LogP contribution in [-0.2, 0) is 0 Å². The predicted octanol–water partition coefficient (Wildman–Crippen LogP) is 4.32. The summed E-state index contributed by atoms with van der Waals surface area (Å²) in [5, 5.41) is -0.0659. The molecule has 0 heterocycles. The van der Waals surface area contributed by atoms with E-state index < -0.39 is 0 Å². The van der Waals surface area contributed by atoms with Crippen molar-refractivity contribution >= 4 is 27.5 Å². The van der Waals surface area contributed by atoms with Crippen LogP contribution in [0.3, 0.4) is 0 Å². The molecule has 1 aromatic rings. The molecule has 0 bridgehead atoms. The maximum absolute atomic E-state index is 13.5. The van der Waals surface area contributed by atoms with Gasteiger partial charge in [0.1, 0.15) is 5.82 Å². The van der Waals surface area contributed by atoms with Gasteiger partial charge in [0.25, 0.3) is 0 Å². The molecule has 0 radical (unpaired) electrons. The molecule has 0 fully saturated rings. The number of halogens is 3. The molecule has 0 N–H and O–H groups in total. The summed E-state index contributed by atoms with van der Waals surface area (Å²) < 4.78 is 14.0. The molecular formula is C10H11BrClF. The summed E-state index contributed by atoms with van der Waals surface area (Å²) in [4.78, 5) is 0. The lowest BCUT2D eigenvalue weighted by atomic mass is 9.98. The van der Waals surface area contributed by atoms with E-state index in [1.807, 2.05) is 19.9 Å². The third kappa shape index (κ3) is 2.44. The van der Waals surface area contributed by atoms with Gasteiger partial charge >= 0.3 is 0 Å². The van der Waals surface area contributed by atoms with Gasteiger partial charge in [0.2, 0.25) is 0 Å². The SMILES string of the molecule is CC(Cl)C(C)c1cccc(Br)c1F. The largest absolute Gasteiger partial charge is 0.205 e. The second-order valence-corrected chi connectivity index (χ2v) is 4.65. The van der Waals surface area contributed by atoms with Gasteiger partial charge in [0.15, 0.2) is 0 Å². The van der Waals surface area contributed by atoms with Crippen molar-refractivity contribution in [3.05, 3.63) is 34.1 Å². The zero-order valence-electron chi connectivity index (χ0n) is 7.52. The molecule has 0 amide bonds. The molecule has 0 saturated carbocycles. The van der Waals surface area contributed by atoms with Crippen molar-refractivity contribution in [1.29, 1.82) is 0 Å². The lowest BCUT2D eigenvalue weighted by Gasteiger charge is -2.15. The van der Waals surface area contributed by atoms with Gasteiger partial charge in [-0.3, -0.25) is 0 Å². The quantitative estimate of drug-likeness (QED) is 0.699. The molecule has 2 atom stereocenters. The first-order valence-electron chi connectivity index (χ1n) is 4.12. The second-order valence-electron chi connectivity index (χ2n) is 3.11. The van der Waals surface area contributed by atoms with Crippen LogP contribution >= 0.6 is 27.5 Å². The van der Waals surface area contributed by atoms with E-state index in [4.69, 9.17) is 11.6 Å². The minimum absolute atomic E-state index is 0.0270. The van der Waals surface area contributed by atoms with Gasteiger partial charge in [0.05, 0.1) is 4.47 Å². The number of alkyl halides is 1. The average Bonchev–Trinajstić information content (AvgIpc) is 2.08. The highest BCUT2D eigenvalue weighted by atomic mass is 79.9. The Morgan fingerprint density at radius 1 is 1.38 bits per heavy atom. The molecule has 3 heteroatoms. The van der Waals surface area contributed by atoms with Gasteiger partial charge in [-0.25, -0.2) is 4.39 Å². The average molecular weight is 266 g/mol. The van der Waals surface area contributed by atoms with Gasteiger partial charge in [0, 0.05) is 11.3 Å². The fraction of sp³-hybridized carbons (Fsp3) is 0.400. The zero-order valence-corrected chi connectivity index (χ0v) is 9.86. The first-order chi connectivity index (χ1) is 6.04. The number of hydrogen-bond donors (Lipinski definition) is 0. The van der Waals surface area contributed by atoms with Crippen LogP contribution in [0.5, 0.6) is 0 Å². The van der Waals surface area contributed by atoms with E-state index in [-0.39, 0.29) is 17.1 Å². The van der Waals surface area contributed by atoms with Crippen LogP contribution in [0.1, 0.15) is 25.3 Å². The van der Waals surface area contributed by atoms with Crippen molar-refractivity contribution < 1.29 is 4.39 Å². The molecular weight excluding hydrogens is 254 g/mol. The molecule has 0 spiro atoms. The van der Waals surface area contributed by atoms with E-state index in [1.165, 1.54) is 0 Å². The highest BCUT2D eigenvalue weighted by Crippen LogP contribution is 2.28. The normalized spacial score (nSPS) is 15.5. The summed E-state index contributed by atoms with van der Waals surface area (Å²) in [7, 11) is 0. The van der Waals surface area contributed by atoms with Gasteiger partial charge in [-0.2, -0.15) is 0 Å². The smallest absolute Gasteiger partial charge is 0.140 e. The molecule has 1 aromatic carbocycles. The summed E-state index contributed by atoms with van der Waals surface area (Å²) in [6, 6.07) is 5.27. The standard InChI is InChI=1S/C10H11BrClF/c1-6(7(2)12)8-4-3-5-9(11)10(8)13/h3-7H,1-2H3. The lowest BCUT2D eigenvalue weighted by molar-refractivity contribution is 0.580. The molecule has 0 aliphatic carbocycles. The summed E-state index contributed by atoms with van der Waals surface area (Å²) >= 11 is 9.05. The fourth-order valence-corrected chi connectivity index (χ4v) is 1.64. The summed E-state index contributed by atoms with van der Waals surface area (Å²) in [5.74, 6) is -0.179. The Bertz CT molecular complexity index is 299. The Labute approximate surface area is 91.2 Å². The van der Waals surface area contributed by atoms with Gasteiger partial charge in [-0.05, 0) is 34.5 Å². The van der Waals surface area contributed by atoms with Crippen molar-refractivity contribution in [2.24, 2.45) is 0 Å². The van der Waals surface area contributed by atoms with E-state index in [0.29, 0.717) is 10.0 Å². The van der Waals surface area contributed by atoms with Crippen molar-refractivity contribution in [2.75, 3.05) is 0 Å². The molecule has 13 heavy (non-hydrogen) atoms. The fourth-order valence-electron chi connectivity index (χ4n) is 1.12. The summed E-state index contributed by atoms with van der Waals surface area (Å²) in [6.45, 7) is 3.79. The summed E-state index contributed by atoms with van der Waals surface area (Å²) in [5.41, 5.74) is 0.664. The van der Waals surface area contributed by atoms with Crippen molar-refractivity contribution in [2.45, 2.75) is 25.1 Å². The Morgan fingerprint density at radius 3 is 2.54 bits per heavy atom. The van der Waals surface area contributed by atoms with Crippen LogP contribution in [0, 0.1) is 5.82 Å². The van der Waals surface area contributed by atoms with Crippen LogP contribution in [0.4, 0.5) is 4.39 Å². The molecule has 0 aliphatic heterocycles. The minimum Gasteiger partial charge on any atom is -0.205 e. The third-order valence-electron chi connectivity index (χ3n) is 2.16. The van der Waals surface area contributed by atoms with E-state index in [1.54, 1.807) is 12.1 Å². The molecule has 0 nitrogen and oxygen atoms in total. The van der Waals surface area contributed by atoms with Crippen molar-refractivity contribution in [3.63, 3.8) is 0 Å². The zero-order chi connectivity index (χ0) is 10.0. The van der Waals surface area contributed by atoms with E-state index in [0.717, 1.165) is 0 Å². The van der Waals surface area contributed by atoms with Crippen LogP contribution < -0.4 is 0 Å². The minimum atomic E-state index is -0.206. The lowest BCUT2D eigenvalue weighted by Crippen LogP contribution is -2.07. The molecule has 1 rings (SSSR count). The second kappa shape index (κ2) is 4.43. The van der Waals surface area contributed by atoms with E-state index >= 15 is 0 Å². The molecule has 0 saturated heterocycles. The Morgan fingerprint density at radius 2 is 2.00 bits per heavy atom. The number of hydrogen-bond acceptors (Lipinski definition) is 0. The third-order valence-corrected chi connectivity index (χ3v) is 3.15. The van der Waals surface area contributed by atoms with Crippen LogP contribution in [0.15, 0.2) is 22.7 Å². The Balaban J connectivity index is 3.07. The predicted molar refractivity (Wildman–Crippen MR) is 57.8 cm³/mol. The Hall–Kier alpha value is -0.0800. The highest BCUT2D eigenvalue weighted by molar-refractivity contribution is 9.10. The topological polar surface area (TPSA) is 0 Å². The molecule has 0 aliphatic rings. The first-order valence-corrected chi connectivity index (χ1v) is 5.35. The Kier molecular flexibility index (Phi) is 3.74. The molecule has 2 unspecified atom stereocenters. The van der Waals surface area contributed by atoms with Crippen LogP contribution in [-0.4, -0.2) is 5.38 Å². The summed E-state index contributed by atoms with van der Waals surface area (Å²) in [6.07, 6.45) is 0. The van der Waals surface area contributed by atoms with Gasteiger partial charge < -0.3 is 0 Å². The molecule has 0 aromatic heterocycles. The number of rotatable bonds is 2. The van der Waals surface area contributed by atoms with Gasteiger partial charge in [-0.1, -0.05) is 19.1 Å². The monoisotopic (exact) mass is 264 g/mol. The van der Waals surface area contributed by atoms with Crippen molar-refractivity contribution in [1.82, 2.24) is 0 Å². The van der Waals surface area contributed by atoms with Crippen molar-refractivity contribution in [3.8, 4) is 0 Å². The highest BCUT2D eigenvalue weighted by Gasteiger charge is 2.16. The van der Waals surface area contributed by atoms with Crippen LogP contribution in [0.2, 0.25) is 0 Å². The van der Waals surface area contributed by atoms with E-state index in [2.05, 4.69) is 15.9 Å². The maximum atomic E-state index is 13.5.